The van der Waals surface area contributed by atoms with Crippen LogP contribution in [0.2, 0.25) is 0 Å². The second kappa shape index (κ2) is 7.78. The van der Waals surface area contributed by atoms with Crippen LogP contribution in [0.1, 0.15) is 12.8 Å². The Labute approximate surface area is 153 Å². The number of hydrogen-bond donors (Lipinski definition) is 1. The van der Waals surface area contributed by atoms with E-state index < -0.39 is 10.0 Å². The van der Waals surface area contributed by atoms with E-state index in [0.717, 1.165) is 19.1 Å². The molecule has 6 nitrogen and oxygen atoms in total. The molecule has 3 rings (SSSR count). The van der Waals surface area contributed by atoms with Crippen molar-refractivity contribution in [3.05, 3.63) is 54.6 Å². The zero-order valence-corrected chi connectivity index (χ0v) is 15.4. The van der Waals surface area contributed by atoms with Crippen molar-refractivity contribution in [2.24, 2.45) is 5.92 Å². The van der Waals surface area contributed by atoms with E-state index in [1.54, 1.807) is 36.4 Å². The van der Waals surface area contributed by atoms with Crippen molar-refractivity contribution in [1.29, 1.82) is 0 Å². The van der Waals surface area contributed by atoms with E-state index in [1.165, 1.54) is 4.31 Å². The Morgan fingerprint density at radius 1 is 1.12 bits per heavy atom. The Balaban J connectivity index is 1.78. The van der Waals surface area contributed by atoms with Gasteiger partial charge in [0.15, 0.2) is 5.75 Å². The molecule has 0 spiro atoms. The third-order valence-electron chi connectivity index (χ3n) is 4.07. The number of rotatable bonds is 8. The van der Waals surface area contributed by atoms with E-state index in [2.05, 4.69) is 5.32 Å². The van der Waals surface area contributed by atoms with Gasteiger partial charge in [-0.3, -0.25) is 9.10 Å². The first-order chi connectivity index (χ1) is 12.4. The van der Waals surface area contributed by atoms with Crippen LogP contribution in [0.15, 0.2) is 54.6 Å². The normalized spacial score (nSPS) is 13.9. The van der Waals surface area contributed by atoms with Crippen molar-refractivity contribution in [1.82, 2.24) is 5.32 Å². The number of sulfonamides is 1. The van der Waals surface area contributed by atoms with Crippen molar-refractivity contribution in [2.45, 2.75) is 12.8 Å². The van der Waals surface area contributed by atoms with E-state index >= 15 is 0 Å². The molecule has 1 N–H and O–H groups in total. The number of hydrogen-bond acceptors (Lipinski definition) is 4. The Hall–Kier alpha value is -2.54. The molecule has 0 bridgehead atoms. The van der Waals surface area contributed by atoms with Crippen molar-refractivity contribution >= 4 is 21.6 Å². The van der Waals surface area contributed by atoms with Crippen molar-refractivity contribution < 1.29 is 17.9 Å². The van der Waals surface area contributed by atoms with Crippen molar-refractivity contribution in [3.63, 3.8) is 0 Å². The third-order valence-corrected chi connectivity index (χ3v) is 5.25. The lowest BCUT2D eigenvalue weighted by atomic mass is 10.3. The van der Waals surface area contributed by atoms with Crippen molar-refractivity contribution in [3.8, 4) is 11.5 Å². The summed E-state index contributed by atoms with van der Waals surface area (Å²) in [4.78, 5) is 11.8. The minimum Gasteiger partial charge on any atom is -0.455 e. The molecule has 26 heavy (non-hydrogen) atoms. The van der Waals surface area contributed by atoms with Crippen LogP contribution in [0.4, 0.5) is 5.69 Å². The molecule has 0 radical (unpaired) electrons. The highest BCUT2D eigenvalue weighted by molar-refractivity contribution is 7.92. The summed E-state index contributed by atoms with van der Waals surface area (Å²) < 4.78 is 31.8. The van der Waals surface area contributed by atoms with Gasteiger partial charge in [0.2, 0.25) is 15.9 Å². The van der Waals surface area contributed by atoms with E-state index in [-0.39, 0.29) is 24.9 Å². The summed E-state index contributed by atoms with van der Waals surface area (Å²) in [7, 11) is -3.53. The van der Waals surface area contributed by atoms with Crippen molar-refractivity contribution in [2.75, 3.05) is 23.7 Å². The van der Waals surface area contributed by atoms with E-state index in [9.17, 15) is 13.2 Å². The van der Waals surface area contributed by atoms with Gasteiger partial charge in [-0.05, 0) is 37.1 Å². The van der Waals surface area contributed by atoms with E-state index in [1.807, 2.05) is 18.2 Å². The van der Waals surface area contributed by atoms with E-state index in [0.29, 0.717) is 17.2 Å². The molecule has 1 aliphatic rings. The number of carbonyl (C=O) groups excluding carboxylic acids is 1. The monoisotopic (exact) mass is 374 g/mol. The summed E-state index contributed by atoms with van der Waals surface area (Å²) >= 11 is 0. The van der Waals surface area contributed by atoms with Crippen LogP contribution in [-0.4, -0.2) is 33.7 Å². The quantitative estimate of drug-likeness (QED) is 0.771. The largest absolute Gasteiger partial charge is 0.455 e. The molecule has 0 aliphatic heterocycles. The van der Waals surface area contributed by atoms with Gasteiger partial charge in [0.25, 0.3) is 0 Å². The first-order valence-corrected chi connectivity index (χ1v) is 10.4. The van der Waals surface area contributed by atoms with Gasteiger partial charge < -0.3 is 10.1 Å². The fourth-order valence-electron chi connectivity index (χ4n) is 2.60. The van der Waals surface area contributed by atoms with Gasteiger partial charge in [-0.2, -0.15) is 0 Å². The first kappa shape index (κ1) is 18.3. The lowest BCUT2D eigenvalue weighted by molar-refractivity contribution is -0.122. The van der Waals surface area contributed by atoms with Crippen LogP contribution >= 0.6 is 0 Å². The maximum atomic E-state index is 12.3. The molecule has 0 saturated heterocycles. The molecule has 0 unspecified atom stereocenters. The van der Waals surface area contributed by atoms with Crippen LogP contribution in [0, 0.1) is 5.92 Å². The van der Waals surface area contributed by atoms with Gasteiger partial charge in [0.1, 0.15) is 5.75 Å². The topological polar surface area (TPSA) is 75.7 Å². The van der Waals surface area contributed by atoms with Gasteiger partial charge in [0, 0.05) is 12.5 Å². The molecule has 7 heteroatoms. The molecule has 2 aromatic rings. The molecule has 0 aromatic heterocycles. The number of nitrogens with zero attached hydrogens (tertiary/aromatic N) is 1. The zero-order chi connectivity index (χ0) is 18.6. The Bertz CT molecular complexity index is 864. The zero-order valence-electron chi connectivity index (χ0n) is 14.6. The minimum absolute atomic E-state index is 0.00716. The Kier molecular flexibility index (Phi) is 5.46. The molecule has 138 valence electrons. The number of nitrogens with one attached hydrogen (secondary N) is 1. The minimum atomic E-state index is -3.53. The Morgan fingerprint density at radius 2 is 1.77 bits per heavy atom. The average molecular weight is 374 g/mol. The van der Waals surface area contributed by atoms with E-state index in [4.69, 9.17) is 4.74 Å². The summed E-state index contributed by atoms with van der Waals surface area (Å²) in [5.74, 6) is 1.15. The maximum Gasteiger partial charge on any atom is 0.232 e. The number of benzene rings is 2. The number of ether oxygens (including phenoxy) is 1. The molecule has 1 amide bonds. The number of para-hydroxylation sites is 3. The summed E-state index contributed by atoms with van der Waals surface area (Å²) in [5, 5.41) is 2.80. The summed E-state index contributed by atoms with van der Waals surface area (Å²) in [6, 6.07) is 16.1. The van der Waals surface area contributed by atoms with Crippen LogP contribution in [-0.2, 0) is 14.8 Å². The summed E-state index contributed by atoms with van der Waals surface area (Å²) in [5.41, 5.74) is 0.444. The second-order valence-corrected chi connectivity index (χ2v) is 8.19. The first-order valence-electron chi connectivity index (χ1n) is 8.52. The molecular weight excluding hydrogens is 352 g/mol. The number of amides is 1. The molecule has 0 heterocycles. The molecule has 2 aromatic carbocycles. The highest BCUT2D eigenvalue weighted by atomic mass is 32.2. The second-order valence-electron chi connectivity index (χ2n) is 6.28. The maximum absolute atomic E-state index is 12.3. The summed E-state index contributed by atoms with van der Waals surface area (Å²) in [6.07, 6.45) is 2.97. The molecule has 1 aliphatic carbocycles. The fraction of sp³-hybridized carbons (Fsp3) is 0.316. The molecule has 1 saturated carbocycles. The predicted molar refractivity (Wildman–Crippen MR) is 101 cm³/mol. The standard InChI is InChI=1S/C19H22N2O4S/c1-26(23,24)21(14-13-20-19(22)15-11-12-15)17-9-5-6-10-18(17)25-16-7-3-2-4-8-16/h2-10,15H,11-14H2,1H3,(H,20,22). The highest BCUT2D eigenvalue weighted by Crippen LogP contribution is 2.33. The molecule has 0 atom stereocenters. The number of carbonyl (C=O) groups is 1. The lowest BCUT2D eigenvalue weighted by Gasteiger charge is -2.24. The smallest absolute Gasteiger partial charge is 0.232 e. The average Bonchev–Trinajstić information content (AvgIpc) is 3.44. The number of anilines is 1. The van der Waals surface area contributed by atoms with Crippen LogP contribution in [0.5, 0.6) is 11.5 Å². The highest BCUT2D eigenvalue weighted by Gasteiger charge is 2.29. The van der Waals surface area contributed by atoms with Gasteiger partial charge in [0.05, 0.1) is 18.5 Å². The Morgan fingerprint density at radius 3 is 2.42 bits per heavy atom. The molecule has 1 fully saturated rings. The predicted octanol–water partition coefficient (Wildman–Crippen LogP) is 2.77. The van der Waals surface area contributed by atoms with Crippen LogP contribution in [0.25, 0.3) is 0 Å². The fourth-order valence-corrected chi connectivity index (χ4v) is 3.53. The van der Waals surface area contributed by atoms with Crippen LogP contribution in [0.3, 0.4) is 0 Å². The van der Waals surface area contributed by atoms with Gasteiger partial charge >= 0.3 is 0 Å². The summed E-state index contributed by atoms with van der Waals surface area (Å²) in [6.45, 7) is 0.397. The molecular formula is C19H22N2O4S. The third kappa shape index (κ3) is 4.76. The van der Waals surface area contributed by atoms with Gasteiger partial charge in [-0.25, -0.2) is 8.42 Å². The SMILES string of the molecule is CS(=O)(=O)N(CCNC(=O)C1CC1)c1ccccc1Oc1ccccc1. The van der Waals surface area contributed by atoms with Gasteiger partial charge in [-0.15, -0.1) is 0 Å². The van der Waals surface area contributed by atoms with Gasteiger partial charge in [-0.1, -0.05) is 30.3 Å². The lowest BCUT2D eigenvalue weighted by Crippen LogP contribution is -2.38. The van der Waals surface area contributed by atoms with Crippen LogP contribution < -0.4 is 14.4 Å².